The molecule has 0 aliphatic heterocycles. The van der Waals surface area contributed by atoms with Gasteiger partial charge in [0.25, 0.3) is 10.0 Å². The molecule has 0 fully saturated rings. The predicted octanol–water partition coefficient (Wildman–Crippen LogP) is 5.59. The van der Waals surface area contributed by atoms with Crippen molar-refractivity contribution in [1.82, 2.24) is 10.2 Å². The van der Waals surface area contributed by atoms with E-state index in [-0.39, 0.29) is 17.3 Å². The maximum atomic E-state index is 14.0. The lowest BCUT2D eigenvalue weighted by atomic mass is 10.1. The number of nitrogens with zero attached hydrogens (tertiary/aromatic N) is 2. The number of hydrogen-bond acceptors (Lipinski definition) is 4. The summed E-state index contributed by atoms with van der Waals surface area (Å²) < 4.78 is 29.6. The van der Waals surface area contributed by atoms with Gasteiger partial charge in [-0.05, 0) is 68.7 Å². The molecule has 7 nitrogen and oxygen atoms in total. The molecular formula is C30H36BrN3O4S. The molecule has 2 amide bonds. The molecule has 0 unspecified atom stereocenters. The minimum Gasteiger partial charge on any atom is -0.354 e. The zero-order chi connectivity index (χ0) is 28.6. The van der Waals surface area contributed by atoms with Crippen molar-refractivity contribution in [1.29, 1.82) is 0 Å². The van der Waals surface area contributed by atoms with Crippen LogP contribution >= 0.6 is 15.9 Å². The Labute approximate surface area is 240 Å². The van der Waals surface area contributed by atoms with Crippen molar-refractivity contribution in [3.8, 4) is 0 Å². The van der Waals surface area contributed by atoms with Crippen LogP contribution in [0.25, 0.3) is 0 Å². The quantitative estimate of drug-likeness (QED) is 0.288. The minimum atomic E-state index is -4.09. The molecule has 0 aliphatic rings. The average Bonchev–Trinajstić information content (AvgIpc) is 2.92. The molecule has 3 aromatic rings. The van der Waals surface area contributed by atoms with Crippen molar-refractivity contribution >= 4 is 43.5 Å². The fraction of sp³-hybridized carbons (Fsp3) is 0.333. The maximum absolute atomic E-state index is 14.0. The highest BCUT2D eigenvalue weighted by atomic mass is 79.9. The summed E-state index contributed by atoms with van der Waals surface area (Å²) in [5, 5.41) is 2.90. The van der Waals surface area contributed by atoms with Crippen LogP contribution < -0.4 is 9.62 Å². The summed E-state index contributed by atoms with van der Waals surface area (Å²) in [7, 11) is -4.09. The maximum Gasteiger partial charge on any atom is 0.264 e. The smallest absolute Gasteiger partial charge is 0.264 e. The lowest BCUT2D eigenvalue weighted by Crippen LogP contribution is -2.52. The molecule has 9 heteroatoms. The number of anilines is 1. The Kier molecular flexibility index (Phi) is 10.7. The van der Waals surface area contributed by atoms with Crippen LogP contribution in [0, 0.1) is 13.8 Å². The van der Waals surface area contributed by atoms with Gasteiger partial charge >= 0.3 is 0 Å². The lowest BCUT2D eigenvalue weighted by Gasteiger charge is -2.33. The number of carbonyl (C=O) groups excluding carboxylic acids is 2. The molecular weight excluding hydrogens is 578 g/mol. The monoisotopic (exact) mass is 613 g/mol. The van der Waals surface area contributed by atoms with E-state index in [0.717, 1.165) is 31.9 Å². The van der Waals surface area contributed by atoms with Gasteiger partial charge in [0.1, 0.15) is 12.6 Å². The first-order chi connectivity index (χ1) is 18.6. The first kappa shape index (κ1) is 30.4. The van der Waals surface area contributed by atoms with Gasteiger partial charge in [-0.2, -0.15) is 0 Å². The van der Waals surface area contributed by atoms with Crippen molar-refractivity contribution < 1.29 is 18.0 Å². The predicted molar refractivity (Wildman–Crippen MR) is 159 cm³/mol. The second-order valence-corrected chi connectivity index (χ2v) is 12.3. The number of hydrogen-bond donors (Lipinski definition) is 1. The molecule has 208 valence electrons. The highest BCUT2D eigenvalue weighted by Crippen LogP contribution is 2.26. The average molecular weight is 615 g/mol. The lowest BCUT2D eigenvalue weighted by molar-refractivity contribution is -0.140. The molecule has 0 saturated heterocycles. The third-order valence-corrected chi connectivity index (χ3v) is 8.73. The van der Waals surface area contributed by atoms with Gasteiger partial charge < -0.3 is 10.2 Å². The van der Waals surface area contributed by atoms with Crippen LogP contribution in [-0.2, 0) is 26.2 Å². The third-order valence-electron chi connectivity index (χ3n) is 6.41. The van der Waals surface area contributed by atoms with E-state index in [2.05, 4.69) is 21.2 Å². The van der Waals surface area contributed by atoms with Crippen LogP contribution in [-0.4, -0.2) is 44.3 Å². The van der Waals surface area contributed by atoms with Gasteiger partial charge in [-0.1, -0.05) is 77.3 Å². The summed E-state index contributed by atoms with van der Waals surface area (Å²) in [6, 6.07) is 20.3. The van der Waals surface area contributed by atoms with Crippen LogP contribution in [0.1, 0.15) is 43.4 Å². The number of benzene rings is 3. The molecule has 0 radical (unpaired) electrons. The molecule has 0 heterocycles. The minimum absolute atomic E-state index is 0.0848. The molecule has 0 spiro atoms. The standard InChI is InChI=1S/C30H36BrN3O4S/c1-5-19-32-30(36)28(6-2)33(20-24-11-7-22(3)8-12-24)29(35)21-34(26-15-13-25(31)14-16-26)39(37,38)27-17-9-23(4)10-18-27/h7-18,28H,5-6,19-21H2,1-4H3,(H,32,36)/t28-/m1/s1. The highest BCUT2D eigenvalue weighted by Gasteiger charge is 2.33. The van der Waals surface area contributed by atoms with Crippen LogP contribution in [0.3, 0.4) is 0 Å². The second kappa shape index (κ2) is 13.8. The molecule has 0 aliphatic carbocycles. The first-order valence-electron chi connectivity index (χ1n) is 13.0. The Morgan fingerprint density at radius 1 is 0.872 bits per heavy atom. The van der Waals surface area contributed by atoms with E-state index >= 15 is 0 Å². The van der Waals surface area contributed by atoms with Crippen LogP contribution in [0.4, 0.5) is 5.69 Å². The molecule has 3 aromatic carbocycles. The van der Waals surface area contributed by atoms with E-state index in [9.17, 15) is 18.0 Å². The molecule has 0 bridgehead atoms. The molecule has 0 saturated carbocycles. The number of amides is 2. The van der Waals surface area contributed by atoms with Crippen molar-refractivity contribution in [3.05, 3.63) is 94.0 Å². The van der Waals surface area contributed by atoms with E-state index < -0.39 is 28.5 Å². The first-order valence-corrected chi connectivity index (χ1v) is 15.3. The van der Waals surface area contributed by atoms with Crippen LogP contribution in [0.5, 0.6) is 0 Å². The van der Waals surface area contributed by atoms with Crippen molar-refractivity contribution in [2.75, 3.05) is 17.4 Å². The Balaban J connectivity index is 2.03. The fourth-order valence-corrected chi connectivity index (χ4v) is 5.83. The van der Waals surface area contributed by atoms with Crippen LogP contribution in [0.2, 0.25) is 0 Å². The summed E-state index contributed by atoms with van der Waals surface area (Å²) >= 11 is 3.39. The van der Waals surface area contributed by atoms with Gasteiger partial charge in [-0.15, -0.1) is 0 Å². The highest BCUT2D eigenvalue weighted by molar-refractivity contribution is 9.10. The van der Waals surface area contributed by atoms with Gasteiger partial charge in [0.05, 0.1) is 10.6 Å². The van der Waals surface area contributed by atoms with Crippen molar-refractivity contribution in [2.24, 2.45) is 0 Å². The molecule has 3 rings (SSSR count). The largest absolute Gasteiger partial charge is 0.354 e. The van der Waals surface area contributed by atoms with Crippen molar-refractivity contribution in [3.63, 3.8) is 0 Å². The SMILES string of the molecule is CCCNC(=O)[C@@H](CC)N(Cc1ccc(C)cc1)C(=O)CN(c1ccc(Br)cc1)S(=O)(=O)c1ccc(C)cc1. The van der Waals surface area contributed by atoms with Gasteiger partial charge in [0.15, 0.2) is 0 Å². The summed E-state index contributed by atoms with van der Waals surface area (Å²) in [6.07, 6.45) is 1.15. The Morgan fingerprint density at radius 2 is 1.44 bits per heavy atom. The number of halogens is 1. The Bertz CT molecular complexity index is 1360. The topological polar surface area (TPSA) is 86.8 Å². The summed E-state index contributed by atoms with van der Waals surface area (Å²) in [4.78, 5) is 28.7. The molecule has 1 atom stereocenters. The number of sulfonamides is 1. The van der Waals surface area contributed by atoms with E-state index in [1.807, 2.05) is 52.0 Å². The number of carbonyl (C=O) groups is 2. The molecule has 39 heavy (non-hydrogen) atoms. The summed E-state index contributed by atoms with van der Waals surface area (Å²) in [6.45, 7) is 7.88. The summed E-state index contributed by atoms with van der Waals surface area (Å²) in [5.74, 6) is -0.718. The zero-order valence-corrected chi connectivity index (χ0v) is 25.3. The van der Waals surface area contributed by atoms with E-state index in [1.165, 1.54) is 17.0 Å². The van der Waals surface area contributed by atoms with Gasteiger partial charge in [-0.25, -0.2) is 8.42 Å². The number of nitrogens with one attached hydrogen (secondary N) is 1. The molecule has 1 N–H and O–H groups in total. The van der Waals surface area contributed by atoms with Gasteiger partial charge in [0, 0.05) is 17.6 Å². The Hall–Kier alpha value is -3.17. The fourth-order valence-electron chi connectivity index (χ4n) is 4.15. The summed E-state index contributed by atoms with van der Waals surface area (Å²) in [5.41, 5.74) is 3.21. The number of rotatable bonds is 12. The van der Waals surface area contributed by atoms with E-state index in [4.69, 9.17) is 0 Å². The normalized spacial score (nSPS) is 12.0. The Morgan fingerprint density at radius 3 is 1.97 bits per heavy atom. The van der Waals surface area contributed by atoms with Crippen molar-refractivity contribution in [2.45, 2.75) is 58.0 Å². The van der Waals surface area contributed by atoms with E-state index in [1.54, 1.807) is 36.4 Å². The number of aryl methyl sites for hydroxylation is 2. The van der Waals surface area contributed by atoms with Gasteiger partial charge in [-0.3, -0.25) is 13.9 Å². The van der Waals surface area contributed by atoms with E-state index in [0.29, 0.717) is 18.7 Å². The molecule has 0 aromatic heterocycles. The third kappa shape index (κ3) is 7.92. The zero-order valence-electron chi connectivity index (χ0n) is 22.9. The second-order valence-electron chi connectivity index (χ2n) is 9.52. The van der Waals surface area contributed by atoms with Gasteiger partial charge in [0.2, 0.25) is 11.8 Å². The van der Waals surface area contributed by atoms with Crippen LogP contribution in [0.15, 0.2) is 82.2 Å².